The molecule has 0 saturated heterocycles. The first-order valence-corrected chi connectivity index (χ1v) is 9.38. The van der Waals surface area contributed by atoms with Crippen LogP contribution >= 0.6 is 0 Å². The van der Waals surface area contributed by atoms with Gasteiger partial charge < -0.3 is 20.1 Å². The highest BCUT2D eigenvalue weighted by Gasteiger charge is 2.09. The minimum Gasteiger partial charge on any atom is -0.493 e. The zero-order valence-electron chi connectivity index (χ0n) is 16.7. The second kappa shape index (κ2) is 11.0. The molecule has 2 N–H and O–H groups in total. The van der Waals surface area contributed by atoms with Gasteiger partial charge in [-0.05, 0) is 49.6 Å². The van der Waals surface area contributed by atoms with Crippen LogP contribution in [0, 0.1) is 20.8 Å². The number of carbonyl (C=O) groups excluding carboxylic acids is 2. The van der Waals surface area contributed by atoms with E-state index in [2.05, 4.69) is 10.6 Å². The average Bonchev–Trinajstić information content (AvgIpc) is 2.69. The summed E-state index contributed by atoms with van der Waals surface area (Å²) in [6, 6.07) is 13.4. The quantitative estimate of drug-likeness (QED) is 0.618. The third-order valence-electron chi connectivity index (χ3n) is 4.33. The van der Waals surface area contributed by atoms with Crippen LogP contribution in [0.2, 0.25) is 0 Å². The molecule has 0 radical (unpaired) electrons. The van der Waals surface area contributed by atoms with Crippen LogP contribution in [0.3, 0.4) is 0 Å². The van der Waals surface area contributed by atoms with E-state index in [1.807, 2.05) is 63.2 Å². The summed E-state index contributed by atoms with van der Waals surface area (Å²) >= 11 is 0. The van der Waals surface area contributed by atoms with Gasteiger partial charge in [0.2, 0.25) is 5.91 Å². The summed E-state index contributed by atoms with van der Waals surface area (Å²) in [5, 5.41) is 5.48. The monoisotopic (exact) mass is 384 g/mol. The average molecular weight is 384 g/mol. The molecule has 2 aromatic rings. The molecule has 2 rings (SSSR count). The van der Waals surface area contributed by atoms with E-state index < -0.39 is 0 Å². The lowest BCUT2D eigenvalue weighted by molar-refractivity contribution is -0.124. The van der Waals surface area contributed by atoms with Crippen molar-refractivity contribution < 1.29 is 19.1 Å². The van der Waals surface area contributed by atoms with E-state index in [9.17, 15) is 9.59 Å². The maximum Gasteiger partial charge on any atom is 0.258 e. The number of hydrogen-bond donors (Lipinski definition) is 2. The summed E-state index contributed by atoms with van der Waals surface area (Å²) in [6.07, 6.45) is 0.262. The zero-order valence-corrected chi connectivity index (χ0v) is 16.7. The Bertz CT molecular complexity index is 791. The summed E-state index contributed by atoms with van der Waals surface area (Å²) < 4.78 is 11.1. The van der Waals surface area contributed by atoms with E-state index in [1.54, 1.807) is 0 Å². The van der Waals surface area contributed by atoms with E-state index in [0.717, 1.165) is 28.2 Å². The molecule has 0 atom stereocenters. The van der Waals surface area contributed by atoms with E-state index in [1.165, 1.54) is 0 Å². The number of para-hydroxylation sites is 1. The number of nitrogens with one attached hydrogen (secondary N) is 2. The van der Waals surface area contributed by atoms with Crippen molar-refractivity contribution in [3.63, 3.8) is 0 Å². The van der Waals surface area contributed by atoms with Gasteiger partial charge in [-0.3, -0.25) is 9.59 Å². The number of carbonyl (C=O) groups is 2. The van der Waals surface area contributed by atoms with Gasteiger partial charge in [-0.25, -0.2) is 0 Å². The van der Waals surface area contributed by atoms with Crippen molar-refractivity contribution in [2.45, 2.75) is 27.2 Å². The third-order valence-corrected chi connectivity index (χ3v) is 4.33. The van der Waals surface area contributed by atoms with E-state index in [4.69, 9.17) is 9.47 Å². The fourth-order valence-electron chi connectivity index (χ4n) is 2.61. The van der Waals surface area contributed by atoms with Gasteiger partial charge in [0.25, 0.3) is 5.91 Å². The van der Waals surface area contributed by atoms with Crippen molar-refractivity contribution in [3.8, 4) is 11.5 Å². The number of rotatable bonds is 10. The van der Waals surface area contributed by atoms with Gasteiger partial charge in [0.05, 0.1) is 13.0 Å². The SMILES string of the molecule is Cc1ccc(C)c(OCC(=O)NCCNC(=O)CCOc2ccccc2)c1C. The molecule has 0 aromatic heterocycles. The van der Waals surface area contributed by atoms with Gasteiger partial charge in [-0.1, -0.05) is 30.3 Å². The maximum absolute atomic E-state index is 11.9. The predicted molar refractivity (Wildman–Crippen MR) is 109 cm³/mol. The lowest BCUT2D eigenvalue weighted by atomic mass is 10.1. The Kier molecular flexibility index (Phi) is 8.34. The normalized spacial score (nSPS) is 10.2. The Morgan fingerprint density at radius 2 is 1.46 bits per heavy atom. The molecule has 2 amide bonds. The number of hydrogen-bond acceptors (Lipinski definition) is 4. The van der Waals surface area contributed by atoms with Crippen LogP contribution < -0.4 is 20.1 Å². The number of amides is 2. The van der Waals surface area contributed by atoms with Gasteiger partial charge in [0.1, 0.15) is 11.5 Å². The summed E-state index contributed by atoms with van der Waals surface area (Å²) in [4.78, 5) is 23.7. The van der Waals surface area contributed by atoms with Crippen LogP contribution in [-0.2, 0) is 9.59 Å². The minimum absolute atomic E-state index is 0.0516. The fraction of sp³-hybridized carbons (Fsp3) is 0.364. The van der Waals surface area contributed by atoms with Crippen LogP contribution in [-0.4, -0.2) is 38.1 Å². The Morgan fingerprint density at radius 3 is 2.18 bits per heavy atom. The third kappa shape index (κ3) is 6.95. The Hall–Kier alpha value is -3.02. The summed E-state index contributed by atoms with van der Waals surface area (Å²) in [6.45, 7) is 6.91. The molecular weight excluding hydrogens is 356 g/mol. The fourth-order valence-corrected chi connectivity index (χ4v) is 2.61. The highest BCUT2D eigenvalue weighted by molar-refractivity contribution is 5.78. The van der Waals surface area contributed by atoms with Crippen LogP contribution in [0.5, 0.6) is 11.5 Å². The molecule has 0 fully saturated rings. The van der Waals surface area contributed by atoms with E-state index in [0.29, 0.717) is 19.7 Å². The van der Waals surface area contributed by atoms with Crippen LogP contribution in [0.4, 0.5) is 0 Å². The molecule has 150 valence electrons. The maximum atomic E-state index is 11.9. The highest BCUT2D eigenvalue weighted by atomic mass is 16.5. The summed E-state index contributed by atoms with van der Waals surface area (Å²) in [5.74, 6) is 1.15. The van der Waals surface area contributed by atoms with Crippen LogP contribution in [0.1, 0.15) is 23.1 Å². The van der Waals surface area contributed by atoms with Gasteiger partial charge in [-0.15, -0.1) is 0 Å². The Labute approximate surface area is 166 Å². The van der Waals surface area contributed by atoms with E-state index >= 15 is 0 Å². The molecule has 0 bridgehead atoms. The lowest BCUT2D eigenvalue weighted by Gasteiger charge is -2.14. The van der Waals surface area contributed by atoms with Crippen molar-refractivity contribution in [3.05, 3.63) is 59.2 Å². The molecule has 0 aliphatic carbocycles. The molecule has 0 heterocycles. The number of ether oxygens (including phenoxy) is 2. The Morgan fingerprint density at radius 1 is 0.821 bits per heavy atom. The molecule has 0 unspecified atom stereocenters. The smallest absolute Gasteiger partial charge is 0.258 e. The molecular formula is C22H28N2O4. The summed E-state index contributed by atoms with van der Waals surface area (Å²) in [5.41, 5.74) is 3.17. The number of aryl methyl sites for hydroxylation is 2. The first-order valence-electron chi connectivity index (χ1n) is 9.38. The molecule has 2 aromatic carbocycles. The lowest BCUT2D eigenvalue weighted by Crippen LogP contribution is -2.37. The molecule has 6 heteroatoms. The van der Waals surface area contributed by atoms with Crippen LogP contribution in [0.25, 0.3) is 0 Å². The molecule has 0 aliphatic rings. The minimum atomic E-state index is -0.220. The highest BCUT2D eigenvalue weighted by Crippen LogP contribution is 2.25. The van der Waals surface area contributed by atoms with Gasteiger partial charge in [0, 0.05) is 13.1 Å². The van der Waals surface area contributed by atoms with E-state index in [-0.39, 0.29) is 24.8 Å². The van der Waals surface area contributed by atoms with Crippen molar-refractivity contribution in [1.82, 2.24) is 10.6 Å². The van der Waals surface area contributed by atoms with Crippen molar-refractivity contribution in [1.29, 1.82) is 0 Å². The standard InChI is InChI=1S/C22H28N2O4/c1-16-9-10-17(2)22(18(16)3)28-15-21(26)24-13-12-23-20(25)11-14-27-19-7-5-4-6-8-19/h4-10H,11-15H2,1-3H3,(H,23,25)(H,24,26). The number of benzene rings is 2. The molecule has 0 saturated carbocycles. The van der Waals surface area contributed by atoms with Gasteiger partial charge >= 0.3 is 0 Å². The first-order chi connectivity index (χ1) is 13.5. The zero-order chi connectivity index (χ0) is 20.4. The Balaban J connectivity index is 1.58. The molecule has 6 nitrogen and oxygen atoms in total. The molecule has 28 heavy (non-hydrogen) atoms. The predicted octanol–water partition coefficient (Wildman–Crippen LogP) is 2.69. The first kappa shape index (κ1) is 21.3. The largest absolute Gasteiger partial charge is 0.493 e. The second-order valence-corrected chi connectivity index (χ2v) is 6.55. The van der Waals surface area contributed by atoms with Gasteiger partial charge in [0.15, 0.2) is 6.61 Å². The molecule has 0 aliphatic heterocycles. The molecule has 0 spiro atoms. The van der Waals surface area contributed by atoms with Crippen molar-refractivity contribution >= 4 is 11.8 Å². The van der Waals surface area contributed by atoms with Crippen LogP contribution in [0.15, 0.2) is 42.5 Å². The van der Waals surface area contributed by atoms with Crippen molar-refractivity contribution in [2.24, 2.45) is 0 Å². The van der Waals surface area contributed by atoms with Gasteiger partial charge in [-0.2, -0.15) is 0 Å². The second-order valence-electron chi connectivity index (χ2n) is 6.55. The van der Waals surface area contributed by atoms with Crippen molar-refractivity contribution in [2.75, 3.05) is 26.3 Å². The topological polar surface area (TPSA) is 76.7 Å². The summed E-state index contributed by atoms with van der Waals surface area (Å²) in [7, 11) is 0.